The van der Waals surface area contributed by atoms with Gasteiger partial charge in [-0.05, 0) is 0 Å². The van der Waals surface area contributed by atoms with Gasteiger partial charge in [0, 0.05) is 52.1 Å². The Kier molecular flexibility index (Phi) is 4.95. The van der Waals surface area contributed by atoms with Crippen LogP contribution in [-0.4, -0.2) is 87.3 Å². The quantitative estimate of drug-likeness (QED) is 0.786. The molecule has 0 aromatic carbocycles. The molecular formula is C14H25N3O4. The van der Waals surface area contributed by atoms with Crippen molar-refractivity contribution in [2.75, 3.05) is 65.7 Å². The van der Waals surface area contributed by atoms with E-state index in [1.165, 1.54) is 0 Å². The first-order valence-corrected chi connectivity index (χ1v) is 7.88. The number of piperidine rings is 1. The number of hydrogen-bond acceptors (Lipinski definition) is 5. The maximum atomic E-state index is 12.1. The molecule has 1 N–H and O–H groups in total. The Hall–Kier alpha value is -0.890. The van der Waals surface area contributed by atoms with Crippen molar-refractivity contribution in [3.8, 4) is 0 Å². The highest BCUT2D eigenvalue weighted by molar-refractivity contribution is 5.74. The largest absolute Gasteiger partial charge is 0.379 e. The van der Waals surface area contributed by atoms with E-state index in [1.54, 1.807) is 0 Å². The van der Waals surface area contributed by atoms with E-state index in [0.717, 1.165) is 45.7 Å². The van der Waals surface area contributed by atoms with Crippen molar-refractivity contribution in [3.05, 3.63) is 0 Å². The highest BCUT2D eigenvalue weighted by Crippen LogP contribution is 2.31. The summed E-state index contributed by atoms with van der Waals surface area (Å²) in [5, 5.41) is 3.00. The molecule has 3 aliphatic heterocycles. The predicted molar refractivity (Wildman–Crippen MR) is 76.1 cm³/mol. The molecule has 1 spiro atoms. The van der Waals surface area contributed by atoms with Crippen LogP contribution in [0, 0.1) is 0 Å². The van der Waals surface area contributed by atoms with E-state index in [9.17, 15) is 4.79 Å². The molecule has 0 unspecified atom stereocenters. The maximum absolute atomic E-state index is 12.1. The van der Waals surface area contributed by atoms with Crippen molar-refractivity contribution in [3.63, 3.8) is 0 Å². The Morgan fingerprint density at radius 1 is 1.00 bits per heavy atom. The number of likely N-dealkylation sites (tertiary alicyclic amines) is 1. The predicted octanol–water partition coefficient (Wildman–Crippen LogP) is -0.133. The van der Waals surface area contributed by atoms with Gasteiger partial charge in [-0.1, -0.05) is 0 Å². The fraction of sp³-hybridized carbons (Fsp3) is 0.929. The van der Waals surface area contributed by atoms with E-state index in [2.05, 4.69) is 10.2 Å². The van der Waals surface area contributed by atoms with Crippen LogP contribution in [0.25, 0.3) is 0 Å². The summed E-state index contributed by atoms with van der Waals surface area (Å²) in [6.07, 6.45) is 1.54. The first-order valence-electron chi connectivity index (χ1n) is 7.88. The first-order chi connectivity index (χ1) is 10.3. The van der Waals surface area contributed by atoms with E-state index in [-0.39, 0.29) is 6.03 Å². The van der Waals surface area contributed by atoms with Gasteiger partial charge in [-0.2, -0.15) is 0 Å². The van der Waals surface area contributed by atoms with Crippen molar-refractivity contribution in [1.82, 2.24) is 15.1 Å². The Balaban J connectivity index is 1.34. The minimum atomic E-state index is -0.412. The van der Waals surface area contributed by atoms with Gasteiger partial charge in [0.25, 0.3) is 0 Å². The normalized spacial score (nSPS) is 26.2. The summed E-state index contributed by atoms with van der Waals surface area (Å²) in [6.45, 7) is 7.81. The van der Waals surface area contributed by atoms with Crippen LogP contribution in [0.2, 0.25) is 0 Å². The zero-order valence-corrected chi connectivity index (χ0v) is 12.5. The average molecular weight is 299 g/mol. The number of nitrogens with zero attached hydrogens (tertiary/aromatic N) is 2. The molecule has 0 radical (unpaired) electrons. The SMILES string of the molecule is O=C(NCCN1CCOCC1)N1CCC2(CC1)OCCO2. The lowest BCUT2D eigenvalue weighted by Gasteiger charge is -2.37. The molecule has 3 rings (SSSR count). The van der Waals surface area contributed by atoms with Crippen molar-refractivity contribution >= 4 is 6.03 Å². The fourth-order valence-corrected chi connectivity index (χ4v) is 3.09. The van der Waals surface area contributed by atoms with Gasteiger partial charge < -0.3 is 24.4 Å². The van der Waals surface area contributed by atoms with Crippen molar-refractivity contribution in [2.24, 2.45) is 0 Å². The van der Waals surface area contributed by atoms with Crippen LogP contribution in [0.1, 0.15) is 12.8 Å². The van der Waals surface area contributed by atoms with Crippen molar-refractivity contribution in [1.29, 1.82) is 0 Å². The second kappa shape index (κ2) is 6.91. The number of morpholine rings is 1. The number of carbonyl (C=O) groups is 1. The molecule has 21 heavy (non-hydrogen) atoms. The molecule has 3 fully saturated rings. The molecule has 0 bridgehead atoms. The van der Waals surface area contributed by atoms with Gasteiger partial charge >= 0.3 is 6.03 Å². The topological polar surface area (TPSA) is 63.3 Å². The zero-order chi connectivity index (χ0) is 14.5. The van der Waals surface area contributed by atoms with E-state index >= 15 is 0 Å². The number of rotatable bonds is 3. The lowest BCUT2D eigenvalue weighted by atomic mass is 10.0. The summed E-state index contributed by atoms with van der Waals surface area (Å²) >= 11 is 0. The van der Waals surface area contributed by atoms with E-state index in [0.29, 0.717) is 32.8 Å². The van der Waals surface area contributed by atoms with Gasteiger partial charge in [-0.25, -0.2) is 4.79 Å². The van der Waals surface area contributed by atoms with Crippen LogP contribution in [0.5, 0.6) is 0 Å². The van der Waals surface area contributed by atoms with E-state index in [1.807, 2.05) is 4.90 Å². The minimum Gasteiger partial charge on any atom is -0.379 e. The molecule has 0 aromatic heterocycles. The van der Waals surface area contributed by atoms with Crippen molar-refractivity contribution < 1.29 is 19.0 Å². The third-order valence-corrected chi connectivity index (χ3v) is 4.43. The first kappa shape index (κ1) is 15.0. The molecule has 7 heteroatoms. The zero-order valence-electron chi connectivity index (χ0n) is 12.5. The monoisotopic (exact) mass is 299 g/mol. The summed E-state index contributed by atoms with van der Waals surface area (Å²) in [5.74, 6) is -0.412. The van der Waals surface area contributed by atoms with E-state index < -0.39 is 5.79 Å². The highest BCUT2D eigenvalue weighted by atomic mass is 16.7. The number of hydrogen-bond donors (Lipinski definition) is 1. The molecule has 3 aliphatic rings. The summed E-state index contributed by atoms with van der Waals surface area (Å²) in [4.78, 5) is 16.3. The van der Waals surface area contributed by atoms with Gasteiger partial charge in [0.15, 0.2) is 5.79 Å². The Bertz CT molecular complexity index is 344. The third-order valence-electron chi connectivity index (χ3n) is 4.43. The number of nitrogens with one attached hydrogen (secondary N) is 1. The number of urea groups is 1. The van der Waals surface area contributed by atoms with Crippen LogP contribution in [0.4, 0.5) is 4.79 Å². The van der Waals surface area contributed by atoms with Crippen LogP contribution >= 0.6 is 0 Å². The van der Waals surface area contributed by atoms with Gasteiger partial charge in [0.2, 0.25) is 0 Å². The molecule has 7 nitrogen and oxygen atoms in total. The molecule has 0 aliphatic carbocycles. The Morgan fingerprint density at radius 3 is 2.33 bits per heavy atom. The van der Waals surface area contributed by atoms with Crippen LogP contribution in [0.3, 0.4) is 0 Å². The van der Waals surface area contributed by atoms with Gasteiger partial charge in [0.05, 0.1) is 26.4 Å². The summed E-state index contributed by atoms with van der Waals surface area (Å²) in [5.41, 5.74) is 0. The molecule has 0 atom stereocenters. The smallest absolute Gasteiger partial charge is 0.317 e. The molecule has 3 heterocycles. The number of carbonyl (C=O) groups excluding carboxylic acids is 1. The molecule has 0 aromatic rings. The second-order valence-electron chi connectivity index (χ2n) is 5.78. The molecule has 0 saturated carbocycles. The lowest BCUT2D eigenvalue weighted by molar-refractivity contribution is -0.181. The summed E-state index contributed by atoms with van der Waals surface area (Å²) in [6, 6.07) is 0.0242. The number of amides is 2. The van der Waals surface area contributed by atoms with Gasteiger partial charge in [-0.3, -0.25) is 4.90 Å². The summed E-state index contributed by atoms with van der Waals surface area (Å²) in [7, 11) is 0. The average Bonchev–Trinajstić information content (AvgIpc) is 2.97. The van der Waals surface area contributed by atoms with Crippen LogP contribution in [0.15, 0.2) is 0 Å². The van der Waals surface area contributed by atoms with Gasteiger partial charge in [0.1, 0.15) is 0 Å². The third kappa shape index (κ3) is 3.85. The standard InChI is InChI=1S/C14H25N3O4/c18-13(15-3-6-16-7-9-19-10-8-16)17-4-1-14(2-5-17)20-11-12-21-14/h1-12H2,(H,15,18). The Labute approximate surface area is 125 Å². The highest BCUT2D eigenvalue weighted by Gasteiger charge is 2.40. The molecule has 2 amide bonds. The second-order valence-corrected chi connectivity index (χ2v) is 5.78. The fourth-order valence-electron chi connectivity index (χ4n) is 3.09. The Morgan fingerprint density at radius 2 is 1.67 bits per heavy atom. The van der Waals surface area contributed by atoms with Crippen LogP contribution < -0.4 is 5.32 Å². The summed E-state index contributed by atoms with van der Waals surface area (Å²) < 4.78 is 16.6. The molecule has 3 saturated heterocycles. The minimum absolute atomic E-state index is 0.0242. The molecular weight excluding hydrogens is 274 g/mol. The molecule has 120 valence electrons. The maximum Gasteiger partial charge on any atom is 0.317 e. The number of ether oxygens (including phenoxy) is 3. The van der Waals surface area contributed by atoms with Gasteiger partial charge in [-0.15, -0.1) is 0 Å². The van der Waals surface area contributed by atoms with Crippen LogP contribution in [-0.2, 0) is 14.2 Å². The van der Waals surface area contributed by atoms with Crippen molar-refractivity contribution in [2.45, 2.75) is 18.6 Å². The van der Waals surface area contributed by atoms with E-state index in [4.69, 9.17) is 14.2 Å². The lowest BCUT2D eigenvalue weighted by Crippen LogP contribution is -2.51.